The fourth-order valence-corrected chi connectivity index (χ4v) is 2.44. The van der Waals surface area contributed by atoms with E-state index in [0.717, 1.165) is 5.56 Å². The largest absolute Gasteiger partial charge is 0.479 e. The van der Waals surface area contributed by atoms with Gasteiger partial charge in [-0.2, -0.15) is 0 Å². The molecule has 0 aliphatic heterocycles. The molecule has 0 heterocycles. The van der Waals surface area contributed by atoms with Crippen molar-refractivity contribution in [1.29, 1.82) is 0 Å². The fourth-order valence-electron chi connectivity index (χ4n) is 2.26. The lowest BCUT2D eigenvalue weighted by Crippen LogP contribution is -2.39. The highest BCUT2D eigenvalue weighted by atomic mass is 35.5. The number of benzene rings is 2. The van der Waals surface area contributed by atoms with E-state index < -0.39 is 6.10 Å². The average Bonchev–Trinajstić information content (AvgIpc) is 2.54. The van der Waals surface area contributed by atoms with Crippen LogP contribution in [0.4, 0.5) is 0 Å². The highest BCUT2D eigenvalue weighted by Crippen LogP contribution is 2.25. The number of rotatable bonds is 6. The third kappa shape index (κ3) is 4.73. The molecule has 0 aliphatic rings. The number of nitrogens with one attached hydrogen (secondary N) is 1. The summed E-state index contributed by atoms with van der Waals surface area (Å²) >= 11 is 6.09. The molecule has 1 N–H and O–H groups in total. The van der Waals surface area contributed by atoms with E-state index in [1.807, 2.05) is 57.2 Å². The Morgan fingerprint density at radius 2 is 1.83 bits per heavy atom. The van der Waals surface area contributed by atoms with Crippen molar-refractivity contribution in [2.45, 2.75) is 39.3 Å². The van der Waals surface area contributed by atoms with Gasteiger partial charge >= 0.3 is 0 Å². The van der Waals surface area contributed by atoms with Gasteiger partial charge in [-0.15, -0.1) is 0 Å². The highest BCUT2D eigenvalue weighted by molar-refractivity contribution is 6.32. The van der Waals surface area contributed by atoms with Crippen LogP contribution in [-0.2, 0) is 4.79 Å². The number of ether oxygens (including phenoxy) is 1. The molecule has 0 aromatic heterocycles. The Labute approximate surface area is 142 Å². The molecule has 0 fully saturated rings. The van der Waals surface area contributed by atoms with Crippen molar-refractivity contribution in [3.8, 4) is 5.75 Å². The second kappa shape index (κ2) is 8.02. The monoisotopic (exact) mass is 331 g/mol. The lowest BCUT2D eigenvalue weighted by atomic mass is 10.1. The van der Waals surface area contributed by atoms with E-state index in [2.05, 4.69) is 5.32 Å². The highest BCUT2D eigenvalue weighted by Gasteiger charge is 2.21. The lowest BCUT2D eigenvalue weighted by Gasteiger charge is -2.21. The first-order chi connectivity index (χ1) is 11.0. The summed E-state index contributed by atoms with van der Waals surface area (Å²) in [6, 6.07) is 15.2. The molecule has 23 heavy (non-hydrogen) atoms. The minimum atomic E-state index is -0.567. The van der Waals surface area contributed by atoms with Crippen LogP contribution in [0.3, 0.4) is 0 Å². The van der Waals surface area contributed by atoms with Crippen LogP contribution in [-0.4, -0.2) is 12.0 Å². The van der Waals surface area contributed by atoms with Crippen LogP contribution in [0, 0.1) is 6.92 Å². The topological polar surface area (TPSA) is 38.3 Å². The van der Waals surface area contributed by atoms with Crippen molar-refractivity contribution < 1.29 is 9.53 Å². The summed E-state index contributed by atoms with van der Waals surface area (Å²) < 4.78 is 5.77. The van der Waals surface area contributed by atoms with E-state index in [4.69, 9.17) is 16.3 Å². The first-order valence-electron chi connectivity index (χ1n) is 7.79. The quantitative estimate of drug-likeness (QED) is 0.834. The molecule has 0 aliphatic carbocycles. The van der Waals surface area contributed by atoms with Crippen LogP contribution >= 0.6 is 11.6 Å². The maximum absolute atomic E-state index is 12.5. The van der Waals surface area contributed by atoms with E-state index in [1.165, 1.54) is 5.56 Å². The van der Waals surface area contributed by atoms with Gasteiger partial charge in [-0.05, 0) is 38.0 Å². The average molecular weight is 332 g/mol. The normalized spacial score (nSPS) is 13.2. The van der Waals surface area contributed by atoms with Crippen LogP contribution in [0.5, 0.6) is 5.75 Å². The van der Waals surface area contributed by atoms with Crippen LogP contribution in [0.15, 0.2) is 48.5 Å². The molecule has 2 rings (SSSR count). The molecule has 0 radical (unpaired) electrons. The molecule has 0 spiro atoms. The van der Waals surface area contributed by atoms with E-state index >= 15 is 0 Å². The van der Waals surface area contributed by atoms with E-state index in [0.29, 0.717) is 17.2 Å². The third-order valence-corrected chi connectivity index (χ3v) is 4.02. The Bertz CT molecular complexity index is 655. The zero-order valence-corrected chi connectivity index (χ0v) is 14.4. The predicted molar refractivity (Wildman–Crippen MR) is 93.9 cm³/mol. The smallest absolute Gasteiger partial charge is 0.261 e. The van der Waals surface area contributed by atoms with Crippen molar-refractivity contribution >= 4 is 17.5 Å². The van der Waals surface area contributed by atoms with Gasteiger partial charge in [0.05, 0.1) is 11.1 Å². The number of halogens is 1. The molecule has 3 nitrogen and oxygen atoms in total. The minimum Gasteiger partial charge on any atom is -0.479 e. The SMILES string of the molecule is CCC(Oc1ccccc1Cl)C(=O)NC(C)c1ccc(C)cc1. The number of aryl methyl sites for hydroxylation is 1. The lowest BCUT2D eigenvalue weighted by molar-refractivity contribution is -0.128. The number of carbonyl (C=O) groups is 1. The molecule has 0 saturated carbocycles. The summed E-state index contributed by atoms with van der Waals surface area (Å²) in [7, 11) is 0. The first-order valence-corrected chi connectivity index (χ1v) is 8.17. The minimum absolute atomic E-state index is 0.0769. The third-order valence-electron chi connectivity index (χ3n) is 3.71. The van der Waals surface area contributed by atoms with E-state index in [9.17, 15) is 4.79 Å². The number of para-hydroxylation sites is 1. The summed E-state index contributed by atoms with van der Waals surface area (Å²) in [5.41, 5.74) is 2.26. The van der Waals surface area contributed by atoms with E-state index in [1.54, 1.807) is 12.1 Å². The van der Waals surface area contributed by atoms with Gasteiger partial charge in [0.25, 0.3) is 5.91 Å². The first kappa shape index (κ1) is 17.4. The van der Waals surface area contributed by atoms with E-state index in [-0.39, 0.29) is 11.9 Å². The molecule has 4 heteroatoms. The Hall–Kier alpha value is -2.00. The van der Waals surface area contributed by atoms with Crippen molar-refractivity contribution in [3.05, 3.63) is 64.7 Å². The molecule has 2 unspecified atom stereocenters. The van der Waals surface area contributed by atoms with Gasteiger partial charge in [0.15, 0.2) is 6.10 Å². The van der Waals surface area contributed by atoms with Gasteiger partial charge in [-0.3, -0.25) is 4.79 Å². The zero-order chi connectivity index (χ0) is 16.8. The predicted octanol–water partition coefficient (Wildman–Crippen LogP) is 4.68. The molecule has 2 aromatic carbocycles. The summed E-state index contributed by atoms with van der Waals surface area (Å²) in [5.74, 6) is 0.389. The van der Waals surface area contributed by atoms with Crippen LogP contribution in [0.1, 0.15) is 37.4 Å². The molecule has 122 valence electrons. The maximum Gasteiger partial charge on any atom is 0.261 e. The van der Waals surface area contributed by atoms with Crippen LogP contribution < -0.4 is 10.1 Å². The second-order valence-corrected chi connectivity index (χ2v) is 5.99. The summed E-state index contributed by atoms with van der Waals surface area (Å²) in [6.45, 7) is 5.92. The van der Waals surface area contributed by atoms with Gasteiger partial charge in [0.2, 0.25) is 0 Å². The summed E-state index contributed by atoms with van der Waals surface area (Å²) in [6.07, 6.45) is 0.000284. The summed E-state index contributed by atoms with van der Waals surface area (Å²) in [4.78, 5) is 12.5. The van der Waals surface area contributed by atoms with Gasteiger partial charge < -0.3 is 10.1 Å². The Morgan fingerprint density at radius 1 is 1.17 bits per heavy atom. The van der Waals surface area contributed by atoms with Gasteiger partial charge in [0, 0.05) is 0 Å². The number of hydrogen-bond donors (Lipinski definition) is 1. The van der Waals surface area contributed by atoms with Crippen molar-refractivity contribution in [1.82, 2.24) is 5.32 Å². The Morgan fingerprint density at radius 3 is 2.43 bits per heavy atom. The molecule has 0 bridgehead atoms. The van der Waals surface area contributed by atoms with Crippen LogP contribution in [0.25, 0.3) is 0 Å². The van der Waals surface area contributed by atoms with Gasteiger partial charge in [0.1, 0.15) is 5.75 Å². The summed E-state index contributed by atoms with van der Waals surface area (Å²) in [5, 5.41) is 3.50. The fraction of sp³-hybridized carbons (Fsp3) is 0.316. The molecular formula is C19H22ClNO2. The number of amides is 1. The second-order valence-electron chi connectivity index (χ2n) is 5.59. The van der Waals surface area contributed by atoms with Gasteiger partial charge in [-0.25, -0.2) is 0 Å². The Balaban J connectivity index is 2.02. The van der Waals surface area contributed by atoms with Crippen molar-refractivity contribution in [3.63, 3.8) is 0 Å². The maximum atomic E-state index is 12.5. The molecular weight excluding hydrogens is 310 g/mol. The molecule has 0 saturated heterocycles. The molecule has 2 atom stereocenters. The number of carbonyl (C=O) groups excluding carboxylic acids is 1. The van der Waals surface area contributed by atoms with Crippen molar-refractivity contribution in [2.24, 2.45) is 0 Å². The standard InChI is InChI=1S/C19H22ClNO2/c1-4-17(23-18-8-6-5-7-16(18)20)19(22)21-14(3)15-11-9-13(2)10-12-15/h5-12,14,17H,4H2,1-3H3,(H,21,22). The zero-order valence-electron chi connectivity index (χ0n) is 13.7. The molecule has 2 aromatic rings. The molecule has 1 amide bonds. The Kier molecular flexibility index (Phi) is 6.05. The van der Waals surface area contributed by atoms with Gasteiger partial charge in [-0.1, -0.05) is 60.5 Å². The number of hydrogen-bond acceptors (Lipinski definition) is 2. The van der Waals surface area contributed by atoms with Crippen LogP contribution in [0.2, 0.25) is 5.02 Å². The van der Waals surface area contributed by atoms with Crippen molar-refractivity contribution in [2.75, 3.05) is 0 Å².